The summed E-state index contributed by atoms with van der Waals surface area (Å²) in [7, 11) is 1.60. The fraction of sp³-hybridized carbons (Fsp3) is 0.643. The Bertz CT molecular complexity index is 505. The molecule has 1 aromatic heterocycles. The number of methoxy groups -OCH3 is 1. The fourth-order valence-corrected chi connectivity index (χ4v) is 3.70. The Kier molecular flexibility index (Phi) is 3.74. The number of thiophene rings is 1. The third kappa shape index (κ3) is 2.70. The molecule has 0 spiro atoms. The SMILES string of the molecule is COc1c(NC2CCCC2)sc(C(=O)NC2CC2)c1N. The van der Waals surface area contributed by atoms with Gasteiger partial charge in [0.05, 0.1) is 7.11 Å². The molecule has 0 bridgehead atoms. The van der Waals surface area contributed by atoms with E-state index in [-0.39, 0.29) is 5.91 Å². The minimum absolute atomic E-state index is 0.0761. The van der Waals surface area contributed by atoms with Crippen LogP contribution in [0.1, 0.15) is 48.2 Å². The summed E-state index contributed by atoms with van der Waals surface area (Å²) in [5.74, 6) is 0.538. The van der Waals surface area contributed by atoms with E-state index in [0.29, 0.717) is 28.4 Å². The Morgan fingerprint density at radius 2 is 1.95 bits per heavy atom. The predicted octanol–water partition coefficient (Wildman–Crippen LogP) is 2.59. The van der Waals surface area contributed by atoms with Crippen molar-refractivity contribution in [3.8, 4) is 5.75 Å². The maximum Gasteiger partial charge on any atom is 0.263 e. The van der Waals surface area contributed by atoms with Crippen molar-refractivity contribution in [2.24, 2.45) is 0 Å². The molecule has 4 N–H and O–H groups in total. The molecule has 1 aromatic rings. The van der Waals surface area contributed by atoms with Gasteiger partial charge in [-0.05, 0) is 25.7 Å². The number of nitrogens with two attached hydrogens (primary N) is 1. The van der Waals surface area contributed by atoms with Crippen LogP contribution >= 0.6 is 11.3 Å². The molecule has 0 atom stereocenters. The van der Waals surface area contributed by atoms with Crippen molar-refractivity contribution in [2.45, 2.75) is 50.6 Å². The summed E-state index contributed by atoms with van der Waals surface area (Å²) in [6.45, 7) is 0. The number of hydrogen-bond donors (Lipinski definition) is 3. The van der Waals surface area contributed by atoms with Crippen molar-refractivity contribution in [1.29, 1.82) is 0 Å². The van der Waals surface area contributed by atoms with Crippen LogP contribution in [0.15, 0.2) is 0 Å². The minimum atomic E-state index is -0.0761. The first-order valence-electron chi connectivity index (χ1n) is 7.22. The standard InChI is InChI=1S/C14H21N3O2S/c1-19-11-10(15)12(13(18)16-9-6-7-9)20-14(11)17-8-4-2-3-5-8/h8-9,17H,2-7,15H2,1H3,(H,16,18). The fourth-order valence-electron chi connectivity index (χ4n) is 2.63. The highest BCUT2D eigenvalue weighted by molar-refractivity contribution is 7.19. The van der Waals surface area contributed by atoms with E-state index in [1.165, 1.54) is 37.0 Å². The Balaban J connectivity index is 1.79. The van der Waals surface area contributed by atoms with Gasteiger partial charge in [-0.1, -0.05) is 12.8 Å². The molecule has 2 saturated carbocycles. The second-order valence-corrected chi connectivity index (χ2v) is 6.60. The van der Waals surface area contributed by atoms with Gasteiger partial charge in [0.25, 0.3) is 5.91 Å². The van der Waals surface area contributed by atoms with E-state index in [9.17, 15) is 4.79 Å². The molecule has 2 aliphatic carbocycles. The molecular formula is C14H21N3O2S. The molecule has 0 aromatic carbocycles. The van der Waals surface area contributed by atoms with Crippen LogP contribution < -0.4 is 21.1 Å². The summed E-state index contributed by atoms with van der Waals surface area (Å²) < 4.78 is 5.38. The molecule has 5 nitrogen and oxygen atoms in total. The van der Waals surface area contributed by atoms with Gasteiger partial charge < -0.3 is 21.1 Å². The van der Waals surface area contributed by atoms with Crippen LogP contribution in [0.4, 0.5) is 10.7 Å². The Hall–Kier alpha value is -1.43. The Morgan fingerprint density at radius 1 is 1.25 bits per heavy atom. The average Bonchev–Trinajstić information content (AvgIpc) is 2.98. The number of carbonyl (C=O) groups excluding carboxylic acids is 1. The smallest absolute Gasteiger partial charge is 0.263 e. The lowest BCUT2D eigenvalue weighted by atomic mass is 10.2. The highest BCUT2D eigenvalue weighted by Crippen LogP contribution is 2.43. The lowest BCUT2D eigenvalue weighted by Crippen LogP contribution is -2.25. The van der Waals surface area contributed by atoms with Gasteiger partial charge >= 0.3 is 0 Å². The Labute approximate surface area is 122 Å². The van der Waals surface area contributed by atoms with E-state index in [1.807, 2.05) is 0 Å². The summed E-state index contributed by atoms with van der Waals surface area (Å²) >= 11 is 1.40. The first-order valence-corrected chi connectivity index (χ1v) is 8.04. The number of nitrogen functional groups attached to an aromatic ring is 1. The van der Waals surface area contributed by atoms with Crippen molar-refractivity contribution in [3.05, 3.63) is 4.88 Å². The van der Waals surface area contributed by atoms with Crippen molar-refractivity contribution in [2.75, 3.05) is 18.2 Å². The molecule has 3 rings (SSSR count). The van der Waals surface area contributed by atoms with E-state index in [4.69, 9.17) is 10.5 Å². The molecule has 0 unspecified atom stereocenters. The van der Waals surface area contributed by atoms with Gasteiger partial charge in [0.1, 0.15) is 15.6 Å². The number of nitrogens with one attached hydrogen (secondary N) is 2. The summed E-state index contributed by atoms with van der Waals surface area (Å²) in [5.41, 5.74) is 6.53. The van der Waals surface area contributed by atoms with Gasteiger partial charge in [0, 0.05) is 12.1 Å². The maximum atomic E-state index is 12.2. The molecule has 0 radical (unpaired) electrons. The van der Waals surface area contributed by atoms with Gasteiger partial charge in [0.2, 0.25) is 0 Å². The maximum absolute atomic E-state index is 12.2. The number of anilines is 2. The van der Waals surface area contributed by atoms with E-state index in [2.05, 4.69) is 10.6 Å². The lowest BCUT2D eigenvalue weighted by Gasteiger charge is -2.12. The number of amides is 1. The molecule has 1 amide bonds. The summed E-state index contributed by atoms with van der Waals surface area (Å²) in [4.78, 5) is 12.7. The van der Waals surface area contributed by atoms with Crippen LogP contribution in [0.3, 0.4) is 0 Å². The zero-order valence-corrected chi connectivity index (χ0v) is 12.5. The van der Waals surface area contributed by atoms with E-state index >= 15 is 0 Å². The Morgan fingerprint density at radius 3 is 2.55 bits per heavy atom. The normalized spacial score (nSPS) is 19.1. The molecular weight excluding hydrogens is 274 g/mol. The summed E-state index contributed by atoms with van der Waals surface area (Å²) in [6, 6.07) is 0.808. The van der Waals surface area contributed by atoms with Gasteiger partial charge in [-0.15, -0.1) is 11.3 Å². The summed E-state index contributed by atoms with van der Waals surface area (Å²) in [5, 5.41) is 7.34. The molecule has 110 valence electrons. The van der Waals surface area contributed by atoms with Crippen molar-refractivity contribution in [1.82, 2.24) is 5.32 Å². The van der Waals surface area contributed by atoms with E-state index < -0.39 is 0 Å². The molecule has 20 heavy (non-hydrogen) atoms. The largest absolute Gasteiger partial charge is 0.492 e. The minimum Gasteiger partial charge on any atom is -0.492 e. The van der Waals surface area contributed by atoms with Crippen LogP contribution in [0, 0.1) is 0 Å². The molecule has 0 aliphatic heterocycles. The second-order valence-electron chi connectivity index (χ2n) is 5.58. The summed E-state index contributed by atoms with van der Waals surface area (Å²) in [6.07, 6.45) is 7.00. The quantitative estimate of drug-likeness (QED) is 0.780. The third-order valence-corrected chi connectivity index (χ3v) is 5.03. The second kappa shape index (κ2) is 5.52. The van der Waals surface area contributed by atoms with Crippen LogP contribution in [0.25, 0.3) is 0 Å². The monoisotopic (exact) mass is 295 g/mol. The third-order valence-electron chi connectivity index (χ3n) is 3.91. The van der Waals surface area contributed by atoms with E-state index in [0.717, 1.165) is 17.8 Å². The molecule has 2 fully saturated rings. The van der Waals surface area contributed by atoms with Gasteiger partial charge in [-0.3, -0.25) is 4.79 Å². The van der Waals surface area contributed by atoms with Crippen LogP contribution in [0.2, 0.25) is 0 Å². The highest BCUT2D eigenvalue weighted by Gasteiger charge is 2.28. The van der Waals surface area contributed by atoms with Crippen LogP contribution in [0.5, 0.6) is 5.75 Å². The van der Waals surface area contributed by atoms with Gasteiger partial charge in [-0.2, -0.15) is 0 Å². The van der Waals surface area contributed by atoms with Crippen LogP contribution in [-0.4, -0.2) is 25.1 Å². The first kappa shape index (κ1) is 13.5. The topological polar surface area (TPSA) is 76.4 Å². The number of carbonyl (C=O) groups is 1. The predicted molar refractivity (Wildman–Crippen MR) is 81.7 cm³/mol. The van der Waals surface area contributed by atoms with Gasteiger partial charge in [0.15, 0.2) is 5.75 Å². The zero-order chi connectivity index (χ0) is 14.1. The molecule has 2 aliphatic rings. The van der Waals surface area contributed by atoms with Crippen molar-refractivity contribution >= 4 is 27.9 Å². The van der Waals surface area contributed by atoms with E-state index in [1.54, 1.807) is 7.11 Å². The number of ether oxygens (including phenoxy) is 1. The lowest BCUT2D eigenvalue weighted by molar-refractivity contribution is 0.0956. The molecule has 6 heteroatoms. The highest BCUT2D eigenvalue weighted by atomic mass is 32.1. The molecule has 0 saturated heterocycles. The zero-order valence-electron chi connectivity index (χ0n) is 11.7. The first-order chi connectivity index (χ1) is 9.69. The van der Waals surface area contributed by atoms with Gasteiger partial charge in [-0.25, -0.2) is 0 Å². The van der Waals surface area contributed by atoms with Crippen molar-refractivity contribution < 1.29 is 9.53 Å². The van der Waals surface area contributed by atoms with Crippen LogP contribution in [-0.2, 0) is 0 Å². The molecule has 1 heterocycles. The van der Waals surface area contributed by atoms with Crippen molar-refractivity contribution in [3.63, 3.8) is 0 Å². The number of hydrogen-bond acceptors (Lipinski definition) is 5. The number of rotatable bonds is 5. The average molecular weight is 295 g/mol.